The maximum Gasteiger partial charge on any atom is 0.255 e. The zero-order valence-electron chi connectivity index (χ0n) is 12.2. The molecular formula is C14H14N8O. The Bertz CT molecular complexity index is 791. The predicted octanol–water partition coefficient (Wildman–Crippen LogP) is 0.01000. The molecule has 0 aliphatic carbocycles. The minimum atomic E-state index is -0.00423. The highest BCUT2D eigenvalue weighted by Crippen LogP contribution is 2.22. The number of nitrogens with zero attached hydrogens (tertiary/aromatic N) is 8. The SMILES string of the molecule is O=C(c1cccnc1)N1CC(n2cc(Cn3nccn3)nn2)C1. The number of aromatic nitrogens is 7. The van der Waals surface area contributed by atoms with Crippen molar-refractivity contribution >= 4 is 5.91 Å². The van der Waals surface area contributed by atoms with Gasteiger partial charge in [-0.15, -0.1) is 5.10 Å². The second-order valence-electron chi connectivity index (χ2n) is 5.36. The van der Waals surface area contributed by atoms with Gasteiger partial charge in [-0.25, -0.2) is 4.68 Å². The number of carbonyl (C=O) groups is 1. The molecule has 1 amide bonds. The zero-order chi connectivity index (χ0) is 15.6. The fourth-order valence-electron chi connectivity index (χ4n) is 2.49. The van der Waals surface area contributed by atoms with Gasteiger partial charge >= 0.3 is 0 Å². The Balaban J connectivity index is 1.37. The van der Waals surface area contributed by atoms with Crippen LogP contribution in [0.2, 0.25) is 0 Å². The molecule has 0 atom stereocenters. The molecule has 0 aromatic carbocycles. The highest BCUT2D eigenvalue weighted by molar-refractivity contribution is 5.94. The number of rotatable bonds is 4. The van der Waals surface area contributed by atoms with Crippen LogP contribution in [0, 0.1) is 0 Å². The Morgan fingerprint density at radius 1 is 1.22 bits per heavy atom. The lowest BCUT2D eigenvalue weighted by atomic mass is 10.1. The molecule has 0 bridgehead atoms. The predicted molar refractivity (Wildman–Crippen MR) is 78.3 cm³/mol. The van der Waals surface area contributed by atoms with Gasteiger partial charge in [-0.05, 0) is 12.1 Å². The molecule has 1 saturated heterocycles. The van der Waals surface area contributed by atoms with Gasteiger partial charge in [-0.2, -0.15) is 15.0 Å². The highest BCUT2D eigenvalue weighted by atomic mass is 16.2. The maximum absolute atomic E-state index is 12.2. The third-order valence-corrected chi connectivity index (χ3v) is 3.76. The summed E-state index contributed by atoms with van der Waals surface area (Å²) in [5.41, 5.74) is 1.40. The average molecular weight is 310 g/mol. The molecule has 3 aromatic rings. The maximum atomic E-state index is 12.2. The van der Waals surface area contributed by atoms with Crippen LogP contribution in [0.3, 0.4) is 0 Å². The standard InChI is InChI=1S/C14H14N8O/c23-14(11-2-1-3-15-6-11)20-9-13(10-20)21-7-12(18-19-21)8-22-16-4-5-17-22/h1-7,13H,8-10H2. The van der Waals surface area contributed by atoms with E-state index >= 15 is 0 Å². The van der Waals surface area contributed by atoms with Gasteiger partial charge in [0.1, 0.15) is 12.2 Å². The molecular weight excluding hydrogens is 296 g/mol. The molecule has 116 valence electrons. The van der Waals surface area contributed by atoms with E-state index in [0.717, 1.165) is 5.69 Å². The first-order valence-corrected chi connectivity index (χ1v) is 7.24. The van der Waals surface area contributed by atoms with Gasteiger partial charge in [0.15, 0.2) is 0 Å². The highest BCUT2D eigenvalue weighted by Gasteiger charge is 2.33. The molecule has 4 heterocycles. The summed E-state index contributed by atoms with van der Waals surface area (Å²) in [5, 5.41) is 16.3. The fourth-order valence-corrected chi connectivity index (χ4v) is 2.49. The van der Waals surface area contributed by atoms with Crippen molar-refractivity contribution in [3.05, 3.63) is 54.4 Å². The van der Waals surface area contributed by atoms with Crippen molar-refractivity contribution in [3.63, 3.8) is 0 Å². The molecule has 0 N–H and O–H groups in total. The third kappa shape index (κ3) is 2.68. The van der Waals surface area contributed by atoms with E-state index in [4.69, 9.17) is 0 Å². The Morgan fingerprint density at radius 2 is 2.04 bits per heavy atom. The molecule has 4 rings (SSSR count). The molecule has 1 fully saturated rings. The van der Waals surface area contributed by atoms with E-state index in [-0.39, 0.29) is 11.9 Å². The van der Waals surface area contributed by atoms with Crippen LogP contribution in [-0.4, -0.2) is 58.9 Å². The summed E-state index contributed by atoms with van der Waals surface area (Å²) >= 11 is 0. The van der Waals surface area contributed by atoms with Crippen LogP contribution in [0.25, 0.3) is 0 Å². The number of hydrogen-bond donors (Lipinski definition) is 0. The van der Waals surface area contributed by atoms with Crippen molar-refractivity contribution in [2.75, 3.05) is 13.1 Å². The second-order valence-corrected chi connectivity index (χ2v) is 5.36. The van der Waals surface area contributed by atoms with Crippen molar-refractivity contribution in [1.82, 2.24) is 39.9 Å². The largest absolute Gasteiger partial charge is 0.334 e. The molecule has 0 saturated carbocycles. The molecule has 3 aromatic heterocycles. The lowest BCUT2D eigenvalue weighted by Crippen LogP contribution is -2.50. The molecule has 9 heteroatoms. The molecule has 0 unspecified atom stereocenters. The number of amides is 1. The van der Waals surface area contributed by atoms with Crippen LogP contribution in [0.1, 0.15) is 22.1 Å². The fraction of sp³-hybridized carbons (Fsp3) is 0.286. The Hall–Kier alpha value is -3.10. The van der Waals surface area contributed by atoms with Crippen LogP contribution >= 0.6 is 0 Å². The first-order chi connectivity index (χ1) is 11.3. The molecule has 1 aliphatic rings. The van der Waals surface area contributed by atoms with Crippen molar-refractivity contribution < 1.29 is 4.79 Å². The summed E-state index contributed by atoms with van der Waals surface area (Å²) in [6.07, 6.45) is 8.36. The van der Waals surface area contributed by atoms with E-state index in [1.807, 2.05) is 6.20 Å². The minimum Gasteiger partial charge on any atom is -0.334 e. The first kappa shape index (κ1) is 13.6. The Morgan fingerprint density at radius 3 is 2.78 bits per heavy atom. The normalized spacial score (nSPS) is 14.7. The summed E-state index contributed by atoms with van der Waals surface area (Å²) in [5.74, 6) is -0.00423. The van der Waals surface area contributed by atoms with Gasteiger partial charge in [-0.3, -0.25) is 9.78 Å². The summed E-state index contributed by atoms with van der Waals surface area (Å²) < 4.78 is 1.80. The number of carbonyl (C=O) groups excluding carboxylic acids is 1. The quantitative estimate of drug-likeness (QED) is 0.674. The molecule has 23 heavy (non-hydrogen) atoms. The monoisotopic (exact) mass is 310 g/mol. The van der Waals surface area contributed by atoms with E-state index in [9.17, 15) is 4.79 Å². The zero-order valence-corrected chi connectivity index (χ0v) is 12.2. The molecule has 0 radical (unpaired) electrons. The third-order valence-electron chi connectivity index (χ3n) is 3.76. The molecule has 1 aliphatic heterocycles. The van der Waals surface area contributed by atoms with Crippen LogP contribution in [0.5, 0.6) is 0 Å². The van der Waals surface area contributed by atoms with Gasteiger partial charge in [0.2, 0.25) is 0 Å². The van der Waals surface area contributed by atoms with Gasteiger partial charge in [-0.1, -0.05) is 5.21 Å². The van der Waals surface area contributed by atoms with Crippen molar-refractivity contribution in [3.8, 4) is 0 Å². The van der Waals surface area contributed by atoms with Crippen molar-refractivity contribution in [2.24, 2.45) is 0 Å². The number of likely N-dealkylation sites (tertiary alicyclic amines) is 1. The topological polar surface area (TPSA) is 94.6 Å². The summed E-state index contributed by atoms with van der Waals surface area (Å²) in [4.78, 5) is 19.5. The minimum absolute atomic E-state index is 0.00423. The smallest absolute Gasteiger partial charge is 0.255 e. The lowest BCUT2D eigenvalue weighted by molar-refractivity contribution is 0.0498. The van der Waals surface area contributed by atoms with Crippen LogP contribution in [0.4, 0.5) is 0 Å². The Labute approximate surface area is 131 Å². The van der Waals surface area contributed by atoms with E-state index in [1.54, 1.807) is 51.3 Å². The van der Waals surface area contributed by atoms with E-state index in [1.165, 1.54) is 0 Å². The summed E-state index contributed by atoms with van der Waals surface area (Å²) in [6, 6.07) is 3.69. The molecule has 0 spiro atoms. The second kappa shape index (κ2) is 5.59. The van der Waals surface area contributed by atoms with Gasteiger partial charge in [0, 0.05) is 25.5 Å². The van der Waals surface area contributed by atoms with Crippen LogP contribution < -0.4 is 0 Å². The van der Waals surface area contributed by atoms with E-state index in [0.29, 0.717) is 25.2 Å². The first-order valence-electron chi connectivity index (χ1n) is 7.24. The van der Waals surface area contributed by atoms with Gasteiger partial charge in [0.25, 0.3) is 5.91 Å². The van der Waals surface area contributed by atoms with E-state index < -0.39 is 0 Å². The van der Waals surface area contributed by atoms with Crippen LogP contribution in [-0.2, 0) is 6.54 Å². The number of pyridine rings is 1. The van der Waals surface area contributed by atoms with E-state index in [2.05, 4.69) is 25.5 Å². The van der Waals surface area contributed by atoms with Gasteiger partial charge < -0.3 is 4.90 Å². The molecule has 9 nitrogen and oxygen atoms in total. The van der Waals surface area contributed by atoms with Crippen molar-refractivity contribution in [2.45, 2.75) is 12.6 Å². The summed E-state index contributed by atoms with van der Waals surface area (Å²) in [7, 11) is 0. The van der Waals surface area contributed by atoms with Crippen molar-refractivity contribution in [1.29, 1.82) is 0 Å². The summed E-state index contributed by atoms with van der Waals surface area (Å²) in [6.45, 7) is 1.73. The lowest BCUT2D eigenvalue weighted by Gasteiger charge is -2.38. The Kier molecular flexibility index (Phi) is 3.30. The van der Waals surface area contributed by atoms with Gasteiger partial charge in [0.05, 0.1) is 30.2 Å². The number of hydrogen-bond acceptors (Lipinski definition) is 6. The van der Waals surface area contributed by atoms with Crippen LogP contribution in [0.15, 0.2) is 43.1 Å². The average Bonchev–Trinajstić information content (AvgIpc) is 3.19.